The molecule has 0 saturated carbocycles. The molecule has 0 radical (unpaired) electrons. The Bertz CT molecular complexity index is 216. The van der Waals surface area contributed by atoms with E-state index in [0.29, 0.717) is 0 Å². The molecule has 0 amide bonds. The molecule has 2 heteroatoms. The molecule has 0 aliphatic rings. The number of benzene rings is 1. The molecule has 1 aromatic rings. The maximum atomic E-state index is 2.28. The van der Waals surface area contributed by atoms with Crippen LogP contribution in [0.5, 0.6) is 0 Å². The number of rotatable bonds is 4. The van der Waals surface area contributed by atoms with Crippen molar-refractivity contribution in [2.45, 2.75) is 25.6 Å². The van der Waals surface area contributed by atoms with Crippen LogP contribution in [0.4, 0.5) is 0 Å². The Labute approximate surface area is 86.0 Å². The molecule has 1 aromatic carbocycles. The monoisotopic (exact) mass is 294 g/mol. The summed E-state index contributed by atoms with van der Waals surface area (Å²) in [6.07, 6.45) is 1.35. The molecule has 0 unspecified atom stereocenters. The second kappa shape index (κ2) is 5.83. The van der Waals surface area contributed by atoms with Crippen LogP contribution < -0.4 is 4.46 Å². The average molecular weight is 292 g/mol. The van der Waals surface area contributed by atoms with Crippen molar-refractivity contribution in [2.24, 2.45) is 0 Å². The minimum absolute atomic E-state index is 0.775. The Morgan fingerprint density at radius 2 is 1.83 bits per heavy atom. The van der Waals surface area contributed by atoms with Crippen molar-refractivity contribution in [1.29, 1.82) is 0 Å². The van der Waals surface area contributed by atoms with E-state index >= 15 is 0 Å². The van der Waals surface area contributed by atoms with Crippen LogP contribution in [0.1, 0.15) is 18.9 Å². The summed E-state index contributed by atoms with van der Waals surface area (Å²) in [5, 5.41) is 1.45. The van der Waals surface area contributed by atoms with Crippen LogP contribution in [-0.2, 0) is 0 Å². The first-order chi connectivity index (χ1) is 5.83. The Morgan fingerprint density at radius 1 is 1.17 bits per heavy atom. The molecule has 66 valence electrons. The second-order valence-corrected chi connectivity index (χ2v) is 9.79. The maximum absolute atomic E-state index is 2.28. The van der Waals surface area contributed by atoms with Crippen LogP contribution in [0.15, 0.2) is 24.3 Å². The van der Waals surface area contributed by atoms with E-state index in [4.69, 9.17) is 0 Å². The van der Waals surface area contributed by atoms with Crippen LogP contribution >= 0.6 is 0 Å². The van der Waals surface area contributed by atoms with Crippen molar-refractivity contribution in [3.8, 4) is 0 Å². The molecule has 12 heavy (non-hydrogen) atoms. The SMILES string of the molecule is CCC[Se][Se]c1ccc(C)cc1. The molecule has 0 spiro atoms. The van der Waals surface area contributed by atoms with Crippen molar-refractivity contribution in [1.82, 2.24) is 0 Å². The van der Waals surface area contributed by atoms with E-state index < -0.39 is 0 Å². The van der Waals surface area contributed by atoms with E-state index in [1.165, 1.54) is 17.3 Å². The molecule has 0 saturated heterocycles. The molecule has 0 aliphatic carbocycles. The van der Waals surface area contributed by atoms with E-state index in [1.807, 2.05) is 0 Å². The number of aryl methyl sites for hydroxylation is 1. The van der Waals surface area contributed by atoms with Gasteiger partial charge in [-0.2, -0.15) is 0 Å². The molecule has 0 aliphatic heterocycles. The van der Waals surface area contributed by atoms with E-state index in [-0.39, 0.29) is 0 Å². The molecule has 1 rings (SSSR count). The van der Waals surface area contributed by atoms with Crippen molar-refractivity contribution in [3.63, 3.8) is 0 Å². The van der Waals surface area contributed by atoms with Gasteiger partial charge in [0.05, 0.1) is 0 Å². The fraction of sp³-hybridized carbons (Fsp3) is 0.400. The van der Waals surface area contributed by atoms with Gasteiger partial charge in [-0.3, -0.25) is 0 Å². The standard InChI is InChI=1S/C10H14Se2/c1-3-8-11-12-10-6-4-9(2)5-7-10/h4-7H,3,8H2,1-2H3. The molecule has 0 atom stereocenters. The predicted molar refractivity (Wildman–Crippen MR) is 57.4 cm³/mol. The van der Waals surface area contributed by atoms with Gasteiger partial charge in [-0.25, -0.2) is 0 Å². The third-order valence-electron chi connectivity index (χ3n) is 1.46. The van der Waals surface area contributed by atoms with E-state index in [2.05, 4.69) is 38.1 Å². The Kier molecular flexibility index (Phi) is 5.02. The predicted octanol–water partition coefficient (Wildman–Crippen LogP) is 1.77. The molecule has 0 bridgehead atoms. The van der Waals surface area contributed by atoms with E-state index in [1.54, 1.807) is 4.46 Å². The molecular formula is C10H14Se2. The average Bonchev–Trinajstić information content (AvgIpc) is 2.09. The first-order valence-corrected chi connectivity index (χ1v) is 10.6. The first-order valence-electron chi connectivity index (χ1n) is 4.19. The van der Waals surface area contributed by atoms with Gasteiger partial charge in [0.2, 0.25) is 0 Å². The summed E-state index contributed by atoms with van der Waals surface area (Å²) in [7, 11) is 0. The van der Waals surface area contributed by atoms with Crippen molar-refractivity contribution < 1.29 is 0 Å². The fourth-order valence-corrected chi connectivity index (χ4v) is 7.54. The number of hydrogen-bond donors (Lipinski definition) is 0. The summed E-state index contributed by atoms with van der Waals surface area (Å²) < 4.78 is 1.57. The zero-order valence-corrected chi connectivity index (χ0v) is 11.0. The van der Waals surface area contributed by atoms with Crippen LogP contribution in [0.25, 0.3) is 0 Å². The van der Waals surface area contributed by atoms with E-state index in [9.17, 15) is 0 Å². The fourth-order valence-electron chi connectivity index (χ4n) is 0.787. The van der Waals surface area contributed by atoms with Gasteiger partial charge in [-0.05, 0) is 0 Å². The van der Waals surface area contributed by atoms with Gasteiger partial charge >= 0.3 is 86.1 Å². The minimum atomic E-state index is 0.775. The Morgan fingerprint density at radius 3 is 2.42 bits per heavy atom. The van der Waals surface area contributed by atoms with Gasteiger partial charge in [-0.1, -0.05) is 0 Å². The normalized spacial score (nSPS) is 10.2. The van der Waals surface area contributed by atoms with Crippen LogP contribution in [0.2, 0.25) is 5.32 Å². The van der Waals surface area contributed by atoms with Crippen molar-refractivity contribution in [2.75, 3.05) is 0 Å². The Balaban J connectivity index is 2.37. The molecule has 0 nitrogen and oxygen atoms in total. The summed E-state index contributed by atoms with van der Waals surface area (Å²) in [4.78, 5) is 0. The van der Waals surface area contributed by atoms with Gasteiger partial charge in [0.25, 0.3) is 0 Å². The third-order valence-corrected chi connectivity index (χ3v) is 9.09. The van der Waals surface area contributed by atoms with Gasteiger partial charge in [0.1, 0.15) is 0 Å². The summed E-state index contributed by atoms with van der Waals surface area (Å²) >= 11 is 1.66. The summed E-state index contributed by atoms with van der Waals surface area (Å²) in [5.74, 6) is 0. The Hall–Kier alpha value is 0.259. The molecule has 0 N–H and O–H groups in total. The zero-order chi connectivity index (χ0) is 8.81. The summed E-state index contributed by atoms with van der Waals surface area (Å²) in [5.41, 5.74) is 1.37. The van der Waals surface area contributed by atoms with Gasteiger partial charge < -0.3 is 0 Å². The quantitative estimate of drug-likeness (QED) is 0.586. The van der Waals surface area contributed by atoms with Crippen molar-refractivity contribution in [3.05, 3.63) is 29.8 Å². The van der Waals surface area contributed by atoms with Crippen LogP contribution in [0, 0.1) is 6.92 Å². The van der Waals surface area contributed by atoms with Crippen LogP contribution in [0.3, 0.4) is 0 Å². The third kappa shape index (κ3) is 3.78. The number of hydrogen-bond acceptors (Lipinski definition) is 0. The second-order valence-electron chi connectivity index (χ2n) is 2.72. The van der Waals surface area contributed by atoms with Gasteiger partial charge in [-0.15, -0.1) is 0 Å². The van der Waals surface area contributed by atoms with Crippen LogP contribution in [-0.4, -0.2) is 26.3 Å². The van der Waals surface area contributed by atoms with E-state index in [0.717, 1.165) is 26.3 Å². The van der Waals surface area contributed by atoms with Crippen molar-refractivity contribution >= 4 is 30.7 Å². The first kappa shape index (κ1) is 10.3. The van der Waals surface area contributed by atoms with Gasteiger partial charge in [0, 0.05) is 0 Å². The summed E-state index contributed by atoms with van der Waals surface area (Å²) in [6.45, 7) is 4.42. The molecule has 0 heterocycles. The molecular weight excluding hydrogens is 278 g/mol. The molecule has 0 fully saturated rings. The van der Waals surface area contributed by atoms with Gasteiger partial charge in [0.15, 0.2) is 0 Å². The molecule has 0 aromatic heterocycles. The topological polar surface area (TPSA) is 0 Å². The zero-order valence-electron chi connectivity index (χ0n) is 7.54. The summed E-state index contributed by atoms with van der Waals surface area (Å²) in [6, 6.07) is 9.01.